The molecule has 1 aliphatic rings. The summed E-state index contributed by atoms with van der Waals surface area (Å²) in [4.78, 5) is 17.5. The van der Waals surface area contributed by atoms with Gasteiger partial charge in [-0.05, 0) is 50.1 Å². The van der Waals surface area contributed by atoms with Gasteiger partial charge in [0.05, 0.1) is 16.2 Å². The molecular weight excluding hydrogens is 460 g/mol. The van der Waals surface area contributed by atoms with Crippen LogP contribution in [0.25, 0.3) is 0 Å². The van der Waals surface area contributed by atoms with E-state index in [0.717, 1.165) is 37.1 Å². The Labute approximate surface area is 197 Å². The Balaban J connectivity index is 1.49. The van der Waals surface area contributed by atoms with Gasteiger partial charge < -0.3 is 9.84 Å². The fourth-order valence-electron chi connectivity index (χ4n) is 3.67. The van der Waals surface area contributed by atoms with Crippen LogP contribution < -0.4 is 5.32 Å². The van der Waals surface area contributed by atoms with E-state index in [2.05, 4.69) is 15.5 Å². The molecule has 3 heterocycles. The van der Waals surface area contributed by atoms with Crippen LogP contribution >= 0.6 is 11.8 Å². The van der Waals surface area contributed by atoms with Gasteiger partial charge in [0.15, 0.2) is 0 Å². The number of carbonyl (C=O) groups is 1. The molecule has 1 aromatic carbocycles. The van der Waals surface area contributed by atoms with Crippen molar-refractivity contribution >= 4 is 33.4 Å². The lowest BCUT2D eigenvalue weighted by Gasteiger charge is -2.20. The molecule has 0 spiro atoms. The molecule has 0 bridgehead atoms. The lowest BCUT2D eigenvalue weighted by atomic mass is 10.2. The van der Waals surface area contributed by atoms with E-state index in [9.17, 15) is 13.2 Å². The zero-order valence-electron chi connectivity index (χ0n) is 18.4. The summed E-state index contributed by atoms with van der Waals surface area (Å²) in [5.74, 6) is 0.879. The molecular formula is C23H26N4O4S2. The van der Waals surface area contributed by atoms with Gasteiger partial charge in [-0.1, -0.05) is 35.8 Å². The molecule has 1 saturated heterocycles. The SMILES string of the molecule is Cc1cc(CSc2ncccc2C(=O)Nc2cccc(S(=O)(=O)N3CCCCCC3)c2)no1. The zero-order valence-corrected chi connectivity index (χ0v) is 20.0. The second-order valence-corrected chi connectivity index (χ2v) is 10.8. The number of hydrogen-bond donors (Lipinski definition) is 1. The molecule has 10 heteroatoms. The van der Waals surface area contributed by atoms with Gasteiger partial charge in [0.25, 0.3) is 5.91 Å². The van der Waals surface area contributed by atoms with Crippen LogP contribution in [0, 0.1) is 6.92 Å². The van der Waals surface area contributed by atoms with Crippen LogP contribution in [0.1, 0.15) is 47.5 Å². The number of rotatable bonds is 7. The van der Waals surface area contributed by atoms with Crippen molar-refractivity contribution in [2.24, 2.45) is 0 Å². The van der Waals surface area contributed by atoms with Crippen molar-refractivity contribution in [1.82, 2.24) is 14.4 Å². The van der Waals surface area contributed by atoms with Gasteiger partial charge in [0.1, 0.15) is 10.8 Å². The van der Waals surface area contributed by atoms with E-state index in [4.69, 9.17) is 4.52 Å². The van der Waals surface area contributed by atoms with Crippen molar-refractivity contribution in [1.29, 1.82) is 0 Å². The maximum absolute atomic E-state index is 13.1. The smallest absolute Gasteiger partial charge is 0.258 e. The van der Waals surface area contributed by atoms with E-state index in [0.29, 0.717) is 35.1 Å². The van der Waals surface area contributed by atoms with Crippen LogP contribution in [-0.4, -0.2) is 41.9 Å². The summed E-state index contributed by atoms with van der Waals surface area (Å²) < 4.78 is 32.8. The summed E-state index contributed by atoms with van der Waals surface area (Å²) in [5, 5.41) is 7.34. The Hall–Kier alpha value is -2.69. The number of hydrogen-bond acceptors (Lipinski definition) is 7. The lowest BCUT2D eigenvalue weighted by molar-refractivity contribution is 0.102. The second kappa shape index (κ2) is 10.5. The Morgan fingerprint density at radius 3 is 2.64 bits per heavy atom. The summed E-state index contributed by atoms with van der Waals surface area (Å²) in [6.45, 7) is 2.88. The van der Waals surface area contributed by atoms with Gasteiger partial charge in [0, 0.05) is 36.8 Å². The highest BCUT2D eigenvalue weighted by Gasteiger charge is 2.25. The second-order valence-electron chi connectivity index (χ2n) is 7.87. The molecule has 1 amide bonds. The average molecular weight is 487 g/mol. The third kappa shape index (κ3) is 5.82. The number of benzene rings is 1. The van der Waals surface area contributed by atoms with Crippen molar-refractivity contribution < 1.29 is 17.7 Å². The zero-order chi connectivity index (χ0) is 23.3. The first-order valence-electron chi connectivity index (χ1n) is 10.8. The predicted molar refractivity (Wildman–Crippen MR) is 127 cm³/mol. The lowest BCUT2D eigenvalue weighted by Crippen LogP contribution is -2.32. The molecule has 3 aromatic rings. The Bertz CT molecular complexity index is 1220. The van der Waals surface area contributed by atoms with Crippen LogP contribution in [0.4, 0.5) is 5.69 Å². The Morgan fingerprint density at radius 1 is 1.12 bits per heavy atom. The number of anilines is 1. The molecule has 174 valence electrons. The predicted octanol–water partition coefficient (Wildman–Crippen LogP) is 4.49. The summed E-state index contributed by atoms with van der Waals surface area (Å²) >= 11 is 1.38. The molecule has 33 heavy (non-hydrogen) atoms. The summed E-state index contributed by atoms with van der Waals surface area (Å²) in [6, 6.07) is 11.6. The van der Waals surface area contributed by atoms with Gasteiger partial charge in [-0.25, -0.2) is 13.4 Å². The summed E-state index contributed by atoms with van der Waals surface area (Å²) in [5.41, 5.74) is 1.59. The van der Waals surface area contributed by atoms with Gasteiger partial charge >= 0.3 is 0 Å². The standard InChI is InChI=1S/C23H26N4O4S2/c1-17-14-19(26-31-17)16-32-23-21(10-7-11-24-23)22(28)25-18-8-6-9-20(15-18)33(29,30)27-12-4-2-3-5-13-27/h6-11,14-15H,2-5,12-13,16H2,1H3,(H,25,28). The van der Waals surface area contributed by atoms with Crippen LogP contribution in [-0.2, 0) is 15.8 Å². The molecule has 8 nitrogen and oxygen atoms in total. The number of aryl methyl sites for hydroxylation is 1. The highest BCUT2D eigenvalue weighted by Crippen LogP contribution is 2.26. The number of sulfonamides is 1. The van der Waals surface area contributed by atoms with E-state index in [1.54, 1.807) is 40.8 Å². The maximum Gasteiger partial charge on any atom is 0.258 e. The minimum absolute atomic E-state index is 0.185. The number of aromatic nitrogens is 2. The highest BCUT2D eigenvalue weighted by atomic mass is 32.2. The van der Waals surface area contributed by atoms with E-state index in [1.165, 1.54) is 17.8 Å². The van der Waals surface area contributed by atoms with Gasteiger partial charge in [0.2, 0.25) is 10.0 Å². The fourth-order valence-corrected chi connectivity index (χ4v) is 6.11. The molecule has 0 atom stereocenters. The first kappa shape index (κ1) is 23.5. The van der Waals surface area contributed by atoms with Crippen molar-refractivity contribution in [3.63, 3.8) is 0 Å². The first-order valence-corrected chi connectivity index (χ1v) is 13.3. The van der Waals surface area contributed by atoms with Crippen LogP contribution in [0.3, 0.4) is 0 Å². The third-order valence-electron chi connectivity index (χ3n) is 5.34. The Kier molecular flexibility index (Phi) is 7.46. The number of nitrogens with zero attached hydrogens (tertiary/aromatic N) is 3. The van der Waals surface area contributed by atoms with Crippen LogP contribution in [0.2, 0.25) is 0 Å². The molecule has 0 saturated carbocycles. The normalized spacial score (nSPS) is 15.2. The molecule has 0 radical (unpaired) electrons. The van der Waals surface area contributed by atoms with E-state index in [1.807, 2.05) is 13.0 Å². The van der Waals surface area contributed by atoms with Crippen molar-refractivity contribution in [3.8, 4) is 0 Å². The number of amides is 1. The quantitative estimate of drug-likeness (QED) is 0.491. The van der Waals surface area contributed by atoms with Crippen LogP contribution in [0.15, 0.2) is 63.1 Å². The van der Waals surface area contributed by atoms with Crippen molar-refractivity contribution in [3.05, 3.63) is 65.7 Å². The summed E-state index contributed by atoms with van der Waals surface area (Å²) in [7, 11) is -3.60. The van der Waals surface area contributed by atoms with E-state index in [-0.39, 0.29) is 10.8 Å². The monoisotopic (exact) mass is 486 g/mol. The molecule has 0 aliphatic carbocycles. The molecule has 0 unspecified atom stereocenters. The maximum atomic E-state index is 13.1. The van der Waals surface area contributed by atoms with E-state index < -0.39 is 10.0 Å². The molecule has 1 fully saturated rings. The van der Waals surface area contributed by atoms with Gasteiger partial charge in [-0.15, -0.1) is 0 Å². The highest BCUT2D eigenvalue weighted by molar-refractivity contribution is 7.98. The number of thioether (sulfide) groups is 1. The van der Waals surface area contributed by atoms with E-state index >= 15 is 0 Å². The third-order valence-corrected chi connectivity index (χ3v) is 8.28. The molecule has 1 N–H and O–H groups in total. The first-order chi connectivity index (χ1) is 15.9. The Morgan fingerprint density at radius 2 is 1.91 bits per heavy atom. The summed E-state index contributed by atoms with van der Waals surface area (Å²) in [6.07, 6.45) is 5.45. The molecule has 1 aliphatic heterocycles. The van der Waals surface area contributed by atoms with Crippen LogP contribution in [0.5, 0.6) is 0 Å². The number of carbonyl (C=O) groups excluding carboxylic acids is 1. The minimum atomic E-state index is -3.60. The average Bonchev–Trinajstić information content (AvgIpc) is 3.05. The topological polar surface area (TPSA) is 105 Å². The minimum Gasteiger partial charge on any atom is -0.361 e. The molecule has 2 aromatic heterocycles. The largest absolute Gasteiger partial charge is 0.361 e. The molecule has 4 rings (SSSR count). The number of pyridine rings is 1. The van der Waals surface area contributed by atoms with Crippen molar-refractivity contribution in [2.45, 2.75) is 48.3 Å². The fraction of sp³-hybridized carbons (Fsp3) is 0.348. The van der Waals surface area contributed by atoms with Gasteiger partial charge in [-0.2, -0.15) is 4.31 Å². The van der Waals surface area contributed by atoms with Crippen molar-refractivity contribution in [2.75, 3.05) is 18.4 Å². The number of nitrogens with one attached hydrogen (secondary N) is 1. The van der Waals surface area contributed by atoms with Gasteiger partial charge in [-0.3, -0.25) is 4.79 Å².